The predicted octanol–water partition coefficient (Wildman–Crippen LogP) is 3.52. The highest BCUT2D eigenvalue weighted by atomic mass is 32.2. The number of benzene rings is 2. The zero-order valence-electron chi connectivity index (χ0n) is 19.1. The molecule has 4 atom stereocenters. The molecule has 0 unspecified atom stereocenters. The summed E-state index contributed by atoms with van der Waals surface area (Å²) in [7, 11) is -2.04. The fraction of sp³-hybridized carbons (Fsp3) is 0.385. The number of ketones is 1. The van der Waals surface area contributed by atoms with Gasteiger partial charge in [0.05, 0.1) is 23.7 Å². The Balaban J connectivity index is 1.60. The number of aryl methyl sites for hydroxylation is 1. The van der Waals surface area contributed by atoms with Gasteiger partial charge in [-0.1, -0.05) is 55.0 Å². The summed E-state index contributed by atoms with van der Waals surface area (Å²) < 4.78 is 30.9. The standard InChI is InChI=1S/C26H29NO5S/c1-17-10-12-20(13-11-17)33(30,31)15-7-14-27-24-23(19-8-5-4-6-9-19)18(2)21(26(27)29)16-22(32-3)25(24)28/h4-6,8-13,16,18,21,23-24H,7,14-15H2,1-3H3/t18-,21-,23-,24-/m0/s1. The Labute approximate surface area is 195 Å². The maximum absolute atomic E-state index is 13.4. The van der Waals surface area contributed by atoms with Gasteiger partial charge in [-0.15, -0.1) is 0 Å². The van der Waals surface area contributed by atoms with Gasteiger partial charge in [0, 0.05) is 12.5 Å². The summed E-state index contributed by atoms with van der Waals surface area (Å²) in [5, 5.41) is 0. The van der Waals surface area contributed by atoms with Crippen LogP contribution in [0.5, 0.6) is 0 Å². The first-order valence-corrected chi connectivity index (χ1v) is 12.8. The minimum absolute atomic E-state index is 0.0889. The zero-order valence-corrected chi connectivity index (χ0v) is 19.9. The first kappa shape index (κ1) is 23.2. The van der Waals surface area contributed by atoms with Crippen LogP contribution in [0.4, 0.5) is 0 Å². The van der Waals surface area contributed by atoms with E-state index in [1.165, 1.54) is 7.11 Å². The molecule has 0 radical (unpaired) electrons. The number of piperidine rings is 1. The minimum atomic E-state index is -3.48. The molecule has 2 aliphatic heterocycles. The number of amides is 1. The summed E-state index contributed by atoms with van der Waals surface area (Å²) in [5.74, 6) is -1.05. The van der Waals surface area contributed by atoms with Crippen molar-refractivity contribution in [2.45, 2.75) is 37.1 Å². The van der Waals surface area contributed by atoms with Crippen molar-refractivity contribution < 1.29 is 22.7 Å². The van der Waals surface area contributed by atoms with Crippen molar-refractivity contribution in [3.05, 3.63) is 77.6 Å². The highest BCUT2D eigenvalue weighted by Crippen LogP contribution is 2.45. The number of Topliss-reactive ketones (excluding diaryl/α,β-unsaturated/α-hetero) is 1. The first-order valence-electron chi connectivity index (χ1n) is 11.2. The van der Waals surface area contributed by atoms with E-state index in [9.17, 15) is 18.0 Å². The number of rotatable bonds is 7. The second-order valence-electron chi connectivity index (χ2n) is 8.88. The Morgan fingerprint density at radius 1 is 1.00 bits per heavy atom. The van der Waals surface area contributed by atoms with Crippen molar-refractivity contribution in [3.63, 3.8) is 0 Å². The van der Waals surface area contributed by atoms with E-state index < -0.39 is 21.8 Å². The van der Waals surface area contributed by atoms with E-state index in [4.69, 9.17) is 4.74 Å². The average molecular weight is 468 g/mol. The van der Waals surface area contributed by atoms with Crippen LogP contribution in [0.15, 0.2) is 71.3 Å². The van der Waals surface area contributed by atoms with Gasteiger partial charge in [-0.05, 0) is 43.0 Å². The largest absolute Gasteiger partial charge is 0.493 e. The Morgan fingerprint density at radius 3 is 2.30 bits per heavy atom. The van der Waals surface area contributed by atoms with Crippen LogP contribution in [0.25, 0.3) is 0 Å². The molecule has 0 N–H and O–H groups in total. The fourth-order valence-electron chi connectivity index (χ4n) is 5.04. The first-order chi connectivity index (χ1) is 15.7. The summed E-state index contributed by atoms with van der Waals surface area (Å²) >= 11 is 0. The van der Waals surface area contributed by atoms with E-state index in [2.05, 4.69) is 0 Å². The number of sulfone groups is 1. The Morgan fingerprint density at radius 2 is 1.67 bits per heavy atom. The molecule has 2 aromatic carbocycles. The van der Waals surface area contributed by atoms with Crippen molar-refractivity contribution in [2.75, 3.05) is 19.4 Å². The molecule has 7 heteroatoms. The molecule has 174 valence electrons. The quantitative estimate of drug-likeness (QED) is 0.622. The lowest BCUT2D eigenvalue weighted by Gasteiger charge is -2.45. The third-order valence-corrected chi connectivity index (χ3v) is 8.63. The Bertz CT molecular complexity index is 1170. The van der Waals surface area contributed by atoms with E-state index in [1.807, 2.05) is 44.2 Å². The topological polar surface area (TPSA) is 80.8 Å². The smallest absolute Gasteiger partial charge is 0.230 e. The molecular formula is C26H29NO5S. The highest BCUT2D eigenvalue weighted by molar-refractivity contribution is 7.91. The molecule has 33 heavy (non-hydrogen) atoms. The van der Waals surface area contributed by atoms with Crippen molar-refractivity contribution in [3.8, 4) is 0 Å². The van der Waals surface area contributed by atoms with Gasteiger partial charge >= 0.3 is 0 Å². The average Bonchev–Trinajstić information content (AvgIpc) is 2.97. The molecule has 1 fully saturated rings. The van der Waals surface area contributed by atoms with Crippen LogP contribution in [0.2, 0.25) is 0 Å². The molecular weight excluding hydrogens is 438 g/mol. The van der Waals surface area contributed by atoms with Crippen LogP contribution < -0.4 is 0 Å². The molecule has 5 rings (SSSR count). The lowest BCUT2D eigenvalue weighted by atomic mass is 9.71. The van der Waals surface area contributed by atoms with E-state index in [-0.39, 0.29) is 52.9 Å². The van der Waals surface area contributed by atoms with E-state index in [0.717, 1.165) is 11.1 Å². The molecule has 3 aliphatic rings. The maximum Gasteiger partial charge on any atom is 0.230 e. The van der Waals surface area contributed by atoms with Gasteiger partial charge in [-0.2, -0.15) is 0 Å². The third kappa shape index (κ3) is 4.34. The normalized spacial score (nSPS) is 25.1. The number of methoxy groups -OCH3 is 1. The molecule has 6 nitrogen and oxygen atoms in total. The van der Waals surface area contributed by atoms with E-state index in [0.29, 0.717) is 0 Å². The molecule has 1 saturated heterocycles. The summed E-state index contributed by atoms with van der Waals surface area (Å²) in [4.78, 5) is 28.7. The van der Waals surface area contributed by atoms with Crippen molar-refractivity contribution in [1.82, 2.24) is 4.90 Å². The SMILES string of the molecule is COC1=C[C@@H]2C(=O)N(CCCS(=O)(=O)c3ccc(C)cc3)[C@H](C1=O)[C@H](c1ccccc1)[C@H]2C. The molecule has 2 aromatic rings. The fourth-order valence-corrected chi connectivity index (χ4v) is 6.34. The second kappa shape index (κ2) is 9.14. The van der Waals surface area contributed by atoms with Crippen molar-refractivity contribution in [1.29, 1.82) is 0 Å². The summed E-state index contributed by atoms with van der Waals surface area (Å²) in [6.07, 6.45) is 1.89. The highest BCUT2D eigenvalue weighted by Gasteiger charge is 2.52. The van der Waals surface area contributed by atoms with E-state index in [1.54, 1.807) is 35.2 Å². The van der Waals surface area contributed by atoms with Gasteiger partial charge in [0.1, 0.15) is 6.04 Å². The lowest BCUT2D eigenvalue weighted by molar-refractivity contribution is -0.147. The molecule has 2 bridgehead atoms. The summed E-state index contributed by atoms with van der Waals surface area (Å²) in [6.45, 7) is 4.09. The summed E-state index contributed by atoms with van der Waals surface area (Å²) in [5.41, 5.74) is 1.98. The van der Waals surface area contributed by atoms with Crippen LogP contribution in [0.1, 0.15) is 30.4 Å². The molecule has 2 heterocycles. The molecule has 0 aromatic heterocycles. The van der Waals surface area contributed by atoms with Crippen LogP contribution >= 0.6 is 0 Å². The molecule has 0 spiro atoms. The van der Waals surface area contributed by atoms with Gasteiger partial charge in [0.25, 0.3) is 0 Å². The molecule has 1 amide bonds. The maximum atomic E-state index is 13.4. The Kier molecular flexibility index (Phi) is 6.43. The van der Waals surface area contributed by atoms with Crippen molar-refractivity contribution in [2.24, 2.45) is 11.8 Å². The van der Waals surface area contributed by atoms with Crippen LogP contribution in [-0.2, 0) is 24.2 Å². The van der Waals surface area contributed by atoms with Crippen LogP contribution in [0, 0.1) is 18.8 Å². The van der Waals surface area contributed by atoms with Gasteiger partial charge in [0.2, 0.25) is 11.7 Å². The number of hydrogen-bond acceptors (Lipinski definition) is 5. The summed E-state index contributed by atoms with van der Waals surface area (Å²) in [6, 6.07) is 15.8. The van der Waals surface area contributed by atoms with Gasteiger partial charge in [-0.25, -0.2) is 8.42 Å². The van der Waals surface area contributed by atoms with Crippen LogP contribution in [0.3, 0.4) is 0 Å². The van der Waals surface area contributed by atoms with Gasteiger partial charge in [0.15, 0.2) is 15.6 Å². The molecule has 1 aliphatic carbocycles. The van der Waals surface area contributed by atoms with E-state index >= 15 is 0 Å². The number of carbonyl (C=O) groups is 2. The number of ether oxygens (including phenoxy) is 1. The number of fused-ring (bicyclic) bond motifs is 3. The zero-order chi connectivity index (χ0) is 23.8. The van der Waals surface area contributed by atoms with Crippen molar-refractivity contribution >= 4 is 21.5 Å². The van der Waals surface area contributed by atoms with Crippen LogP contribution in [-0.4, -0.2) is 50.5 Å². The Hall–Kier alpha value is -2.93. The monoisotopic (exact) mass is 467 g/mol. The molecule has 0 saturated carbocycles. The van der Waals surface area contributed by atoms with Gasteiger partial charge in [-0.3, -0.25) is 9.59 Å². The second-order valence-corrected chi connectivity index (χ2v) is 11.0. The van der Waals surface area contributed by atoms with Gasteiger partial charge < -0.3 is 9.64 Å². The lowest BCUT2D eigenvalue weighted by Crippen LogP contribution is -2.56. The predicted molar refractivity (Wildman–Crippen MR) is 125 cm³/mol. The number of nitrogens with zero attached hydrogens (tertiary/aromatic N) is 1. The third-order valence-electron chi connectivity index (χ3n) is 6.82. The minimum Gasteiger partial charge on any atom is -0.493 e. The number of carbonyl (C=O) groups excluding carboxylic acids is 2. The number of hydrogen-bond donors (Lipinski definition) is 0.